The molecule has 0 saturated carbocycles. The second-order valence-electron chi connectivity index (χ2n) is 6.50. The van der Waals surface area contributed by atoms with E-state index in [1.807, 2.05) is 10.9 Å². The maximum absolute atomic E-state index is 12.1. The van der Waals surface area contributed by atoms with Gasteiger partial charge < -0.3 is 4.90 Å². The summed E-state index contributed by atoms with van der Waals surface area (Å²) in [5, 5.41) is 8.58. The summed E-state index contributed by atoms with van der Waals surface area (Å²) in [6, 6.07) is 0. The fourth-order valence-corrected chi connectivity index (χ4v) is 3.80. The fraction of sp³-hybridized carbons (Fsp3) is 0.588. The lowest BCUT2D eigenvalue weighted by atomic mass is 10.3. The van der Waals surface area contributed by atoms with Crippen LogP contribution in [0.1, 0.15) is 25.3 Å². The lowest BCUT2D eigenvalue weighted by molar-refractivity contribution is 0.285. The van der Waals surface area contributed by atoms with Crippen LogP contribution in [0, 0.1) is 0 Å². The minimum atomic E-state index is -0.0954. The van der Waals surface area contributed by atoms with Crippen molar-refractivity contribution >= 4 is 21.6 Å². The van der Waals surface area contributed by atoms with Gasteiger partial charge in [-0.25, -0.2) is 4.68 Å². The van der Waals surface area contributed by atoms with E-state index >= 15 is 0 Å². The third-order valence-electron chi connectivity index (χ3n) is 4.53. The Morgan fingerprint density at radius 1 is 1.16 bits per heavy atom. The Morgan fingerprint density at radius 3 is 2.80 bits per heavy atom. The summed E-state index contributed by atoms with van der Waals surface area (Å²) in [5.74, 6) is 0. The number of aromatic nitrogens is 4. The SMILES string of the molecule is CCCn1cc(CN2CCCN(c3cnn(C)c(=O)c3Br)CC2)cn1. The lowest BCUT2D eigenvalue weighted by Crippen LogP contribution is -2.32. The van der Waals surface area contributed by atoms with Crippen molar-refractivity contribution in [2.24, 2.45) is 7.05 Å². The van der Waals surface area contributed by atoms with Crippen molar-refractivity contribution in [2.75, 3.05) is 31.1 Å². The number of rotatable bonds is 5. The molecule has 3 rings (SSSR count). The van der Waals surface area contributed by atoms with E-state index in [0.29, 0.717) is 4.47 Å². The largest absolute Gasteiger partial charge is 0.368 e. The molecule has 7 nitrogen and oxygen atoms in total. The molecule has 0 N–H and O–H groups in total. The van der Waals surface area contributed by atoms with Gasteiger partial charge in [-0.1, -0.05) is 6.92 Å². The van der Waals surface area contributed by atoms with Gasteiger partial charge in [-0.2, -0.15) is 10.2 Å². The molecular formula is C17H25BrN6O. The Labute approximate surface area is 156 Å². The molecule has 0 spiro atoms. The van der Waals surface area contributed by atoms with Crippen LogP contribution in [-0.4, -0.2) is 50.6 Å². The highest BCUT2D eigenvalue weighted by atomic mass is 79.9. The van der Waals surface area contributed by atoms with Crippen LogP contribution < -0.4 is 10.5 Å². The molecule has 0 bridgehead atoms. The van der Waals surface area contributed by atoms with Gasteiger partial charge in [0.25, 0.3) is 5.56 Å². The van der Waals surface area contributed by atoms with Crippen LogP contribution in [0.15, 0.2) is 27.9 Å². The van der Waals surface area contributed by atoms with Gasteiger partial charge in [0.2, 0.25) is 0 Å². The predicted octanol–water partition coefficient (Wildman–Crippen LogP) is 1.86. The van der Waals surface area contributed by atoms with E-state index in [0.717, 1.165) is 57.8 Å². The molecule has 8 heteroatoms. The summed E-state index contributed by atoms with van der Waals surface area (Å²) in [6.45, 7) is 7.88. The predicted molar refractivity (Wildman–Crippen MR) is 102 cm³/mol. The Morgan fingerprint density at radius 2 is 2.00 bits per heavy atom. The normalized spacial score (nSPS) is 16.2. The first-order valence-electron chi connectivity index (χ1n) is 8.79. The van der Waals surface area contributed by atoms with Crippen molar-refractivity contribution in [3.8, 4) is 0 Å². The van der Waals surface area contributed by atoms with E-state index in [1.165, 1.54) is 10.2 Å². The standard InChI is InChI=1S/C17H25BrN6O/c1-3-5-24-13-14(10-20-24)12-22-6-4-7-23(9-8-22)15-11-19-21(2)17(25)16(15)18/h10-11,13H,3-9,12H2,1-2H3. The molecule has 1 aliphatic heterocycles. The van der Waals surface area contributed by atoms with Crippen molar-refractivity contribution in [3.63, 3.8) is 0 Å². The summed E-state index contributed by atoms with van der Waals surface area (Å²) < 4.78 is 3.97. The zero-order valence-corrected chi connectivity index (χ0v) is 16.4. The number of hydrogen-bond acceptors (Lipinski definition) is 5. The first kappa shape index (κ1) is 18.1. The minimum Gasteiger partial charge on any atom is -0.368 e. The van der Waals surface area contributed by atoms with Crippen molar-refractivity contribution in [3.05, 3.63) is 39.0 Å². The first-order chi connectivity index (χ1) is 12.1. The Bertz CT molecular complexity index is 771. The molecule has 0 unspecified atom stereocenters. The molecule has 0 atom stereocenters. The number of nitrogens with zero attached hydrogens (tertiary/aromatic N) is 6. The summed E-state index contributed by atoms with van der Waals surface area (Å²) in [6.07, 6.45) is 8.05. The van der Waals surface area contributed by atoms with Crippen molar-refractivity contribution in [2.45, 2.75) is 32.9 Å². The van der Waals surface area contributed by atoms with Crippen LogP contribution in [0.3, 0.4) is 0 Å². The Hall–Kier alpha value is -1.67. The highest BCUT2D eigenvalue weighted by Crippen LogP contribution is 2.23. The second-order valence-corrected chi connectivity index (χ2v) is 7.29. The average Bonchev–Trinajstić information content (AvgIpc) is 2.90. The van der Waals surface area contributed by atoms with E-state index in [2.05, 4.69) is 49.0 Å². The van der Waals surface area contributed by atoms with Crippen molar-refractivity contribution in [1.29, 1.82) is 0 Å². The summed E-state index contributed by atoms with van der Waals surface area (Å²) in [7, 11) is 1.67. The van der Waals surface area contributed by atoms with E-state index in [9.17, 15) is 4.79 Å². The van der Waals surface area contributed by atoms with Crippen LogP contribution >= 0.6 is 15.9 Å². The first-order valence-corrected chi connectivity index (χ1v) is 9.58. The van der Waals surface area contributed by atoms with E-state index in [1.54, 1.807) is 13.2 Å². The maximum atomic E-state index is 12.1. The Kier molecular flexibility index (Phi) is 5.90. The van der Waals surface area contributed by atoms with Crippen LogP contribution in [0.5, 0.6) is 0 Å². The number of aryl methyl sites for hydroxylation is 2. The van der Waals surface area contributed by atoms with Gasteiger partial charge in [0.1, 0.15) is 4.47 Å². The molecule has 0 amide bonds. The van der Waals surface area contributed by atoms with Crippen molar-refractivity contribution in [1.82, 2.24) is 24.5 Å². The molecule has 2 aromatic rings. The van der Waals surface area contributed by atoms with E-state index < -0.39 is 0 Å². The molecule has 0 aliphatic carbocycles. The molecule has 0 radical (unpaired) electrons. The summed E-state index contributed by atoms with van der Waals surface area (Å²) in [4.78, 5) is 16.8. The van der Waals surface area contributed by atoms with Gasteiger partial charge in [0.15, 0.2) is 0 Å². The van der Waals surface area contributed by atoms with E-state index in [-0.39, 0.29) is 5.56 Å². The summed E-state index contributed by atoms with van der Waals surface area (Å²) >= 11 is 3.44. The lowest BCUT2D eigenvalue weighted by Gasteiger charge is -2.24. The highest BCUT2D eigenvalue weighted by Gasteiger charge is 2.19. The van der Waals surface area contributed by atoms with Crippen LogP contribution in [0.25, 0.3) is 0 Å². The van der Waals surface area contributed by atoms with Gasteiger partial charge in [-0.15, -0.1) is 0 Å². The third-order valence-corrected chi connectivity index (χ3v) is 5.28. The molecule has 2 aromatic heterocycles. The molecule has 1 saturated heterocycles. The smallest absolute Gasteiger partial charge is 0.282 e. The molecule has 1 fully saturated rings. The second kappa shape index (κ2) is 8.14. The maximum Gasteiger partial charge on any atom is 0.282 e. The van der Waals surface area contributed by atoms with Gasteiger partial charge in [0, 0.05) is 58.1 Å². The van der Waals surface area contributed by atoms with Gasteiger partial charge in [-0.3, -0.25) is 14.4 Å². The van der Waals surface area contributed by atoms with Crippen LogP contribution in [-0.2, 0) is 20.1 Å². The molecule has 0 aromatic carbocycles. The number of hydrogen-bond donors (Lipinski definition) is 0. The summed E-state index contributed by atoms with van der Waals surface area (Å²) in [5.41, 5.74) is 2.06. The van der Waals surface area contributed by atoms with Crippen LogP contribution in [0.4, 0.5) is 5.69 Å². The monoisotopic (exact) mass is 408 g/mol. The van der Waals surface area contributed by atoms with Crippen molar-refractivity contribution < 1.29 is 0 Å². The van der Waals surface area contributed by atoms with Gasteiger partial charge in [-0.05, 0) is 28.8 Å². The molecule has 1 aliphatic rings. The van der Waals surface area contributed by atoms with Gasteiger partial charge in [0.05, 0.1) is 18.1 Å². The zero-order chi connectivity index (χ0) is 17.8. The molecule has 25 heavy (non-hydrogen) atoms. The average molecular weight is 409 g/mol. The van der Waals surface area contributed by atoms with E-state index in [4.69, 9.17) is 0 Å². The van der Waals surface area contributed by atoms with Crippen LogP contribution in [0.2, 0.25) is 0 Å². The highest BCUT2D eigenvalue weighted by molar-refractivity contribution is 9.10. The fourth-order valence-electron chi connectivity index (χ4n) is 3.19. The molecule has 3 heterocycles. The Balaban J connectivity index is 1.64. The number of halogens is 1. The molecule has 136 valence electrons. The molecular weight excluding hydrogens is 384 g/mol. The zero-order valence-electron chi connectivity index (χ0n) is 14.9. The number of anilines is 1. The minimum absolute atomic E-state index is 0.0954. The quantitative estimate of drug-likeness (QED) is 0.755. The van der Waals surface area contributed by atoms with Gasteiger partial charge >= 0.3 is 0 Å². The third kappa shape index (κ3) is 4.30. The topological polar surface area (TPSA) is 59.2 Å².